The van der Waals surface area contributed by atoms with Crippen molar-refractivity contribution in [1.82, 2.24) is 9.78 Å². The van der Waals surface area contributed by atoms with Gasteiger partial charge in [-0.05, 0) is 19.1 Å². The molecule has 88 valence electrons. The smallest absolute Gasteiger partial charge is 0.259 e. The number of nitrogens with one attached hydrogen (secondary N) is 1. The second-order valence-corrected chi connectivity index (χ2v) is 3.81. The first-order valence-corrected chi connectivity index (χ1v) is 5.13. The number of anilines is 1. The van der Waals surface area contributed by atoms with Gasteiger partial charge in [-0.1, -0.05) is 11.6 Å². The number of hydrogen-bond acceptors (Lipinski definition) is 2. The molecule has 17 heavy (non-hydrogen) atoms. The van der Waals surface area contributed by atoms with E-state index in [-0.39, 0.29) is 5.56 Å². The Morgan fingerprint density at radius 2 is 2.18 bits per heavy atom. The molecule has 0 aliphatic rings. The number of benzene rings is 1. The lowest BCUT2D eigenvalue weighted by atomic mass is 10.1. The molecule has 0 saturated carbocycles. The van der Waals surface area contributed by atoms with E-state index >= 15 is 0 Å². The molecule has 0 spiro atoms. The van der Waals surface area contributed by atoms with Crippen molar-refractivity contribution in [3.8, 4) is 0 Å². The van der Waals surface area contributed by atoms with Gasteiger partial charge in [0.1, 0.15) is 5.82 Å². The van der Waals surface area contributed by atoms with Gasteiger partial charge in [0.2, 0.25) is 0 Å². The van der Waals surface area contributed by atoms with E-state index in [1.54, 1.807) is 37.0 Å². The van der Waals surface area contributed by atoms with Crippen molar-refractivity contribution in [2.45, 2.75) is 6.92 Å². The van der Waals surface area contributed by atoms with Gasteiger partial charge < -0.3 is 5.32 Å². The molecule has 0 atom stereocenters. The maximum atomic E-state index is 13.4. The van der Waals surface area contributed by atoms with Crippen LogP contribution in [0.3, 0.4) is 0 Å². The number of halogens is 1. The maximum absolute atomic E-state index is 13.4. The maximum Gasteiger partial charge on any atom is 0.259 e. The number of amides is 1. The van der Waals surface area contributed by atoms with E-state index < -0.39 is 11.7 Å². The molecule has 0 bridgehead atoms. The Hall–Kier alpha value is -2.17. The minimum atomic E-state index is -0.538. The second-order valence-electron chi connectivity index (χ2n) is 3.81. The number of carbonyl (C=O) groups excluding carboxylic acids is 1. The average molecular weight is 233 g/mol. The Labute approximate surface area is 98.1 Å². The fraction of sp³-hybridized carbons (Fsp3) is 0.167. The van der Waals surface area contributed by atoms with E-state index in [1.165, 1.54) is 12.1 Å². The number of rotatable bonds is 2. The van der Waals surface area contributed by atoms with E-state index in [1.807, 2.05) is 0 Å². The van der Waals surface area contributed by atoms with Gasteiger partial charge in [-0.2, -0.15) is 5.10 Å². The predicted molar refractivity (Wildman–Crippen MR) is 62.3 cm³/mol. The van der Waals surface area contributed by atoms with Gasteiger partial charge in [-0.15, -0.1) is 0 Å². The molecule has 1 aromatic heterocycles. The Morgan fingerprint density at radius 3 is 2.82 bits per heavy atom. The van der Waals surface area contributed by atoms with Crippen LogP contribution in [0.1, 0.15) is 15.9 Å². The molecule has 1 aromatic carbocycles. The first kappa shape index (κ1) is 11.3. The van der Waals surface area contributed by atoms with Gasteiger partial charge in [-0.25, -0.2) is 4.39 Å². The topological polar surface area (TPSA) is 46.9 Å². The summed E-state index contributed by atoms with van der Waals surface area (Å²) in [7, 11) is 1.74. The van der Waals surface area contributed by atoms with Gasteiger partial charge in [0.05, 0.1) is 5.56 Å². The summed E-state index contributed by atoms with van der Waals surface area (Å²) >= 11 is 0. The van der Waals surface area contributed by atoms with Crippen molar-refractivity contribution >= 4 is 11.7 Å². The second kappa shape index (κ2) is 4.37. The molecule has 0 radical (unpaired) electrons. The molecular weight excluding hydrogens is 221 g/mol. The molecular formula is C12H12FN3O. The Morgan fingerprint density at radius 1 is 1.41 bits per heavy atom. The van der Waals surface area contributed by atoms with Crippen LogP contribution in [-0.4, -0.2) is 15.7 Å². The summed E-state index contributed by atoms with van der Waals surface area (Å²) in [5.74, 6) is -0.632. The highest BCUT2D eigenvalue weighted by molar-refractivity contribution is 6.04. The minimum absolute atomic E-state index is 0.0238. The average Bonchev–Trinajstić information content (AvgIpc) is 2.67. The summed E-state index contributed by atoms with van der Waals surface area (Å²) in [5.41, 5.74) is 0.855. The van der Waals surface area contributed by atoms with Crippen LogP contribution >= 0.6 is 0 Å². The quantitative estimate of drug-likeness (QED) is 0.863. The fourth-order valence-corrected chi connectivity index (χ4v) is 1.48. The predicted octanol–water partition coefficient (Wildman–Crippen LogP) is 2.12. The molecule has 0 unspecified atom stereocenters. The molecule has 2 aromatic rings. The molecule has 2 rings (SSSR count). The fourth-order valence-electron chi connectivity index (χ4n) is 1.48. The monoisotopic (exact) mass is 233 g/mol. The number of carbonyl (C=O) groups is 1. The zero-order valence-electron chi connectivity index (χ0n) is 9.57. The first-order chi connectivity index (χ1) is 8.06. The molecule has 0 fully saturated rings. The molecule has 1 N–H and O–H groups in total. The van der Waals surface area contributed by atoms with Crippen molar-refractivity contribution in [2.75, 3.05) is 5.32 Å². The summed E-state index contributed by atoms with van der Waals surface area (Å²) in [6, 6.07) is 6.05. The number of aryl methyl sites for hydroxylation is 2. The van der Waals surface area contributed by atoms with Crippen molar-refractivity contribution in [1.29, 1.82) is 0 Å². The highest BCUT2D eigenvalue weighted by atomic mass is 19.1. The molecule has 1 heterocycles. The third-order valence-electron chi connectivity index (χ3n) is 2.32. The van der Waals surface area contributed by atoms with Crippen LogP contribution in [0.5, 0.6) is 0 Å². The summed E-state index contributed by atoms with van der Waals surface area (Å²) < 4.78 is 15.0. The molecule has 1 amide bonds. The van der Waals surface area contributed by atoms with Crippen molar-refractivity contribution in [3.05, 3.63) is 47.4 Å². The number of hydrogen-bond donors (Lipinski definition) is 1. The lowest BCUT2D eigenvalue weighted by molar-refractivity contribution is 0.102. The van der Waals surface area contributed by atoms with Crippen LogP contribution < -0.4 is 5.32 Å². The highest BCUT2D eigenvalue weighted by Crippen LogP contribution is 2.12. The van der Waals surface area contributed by atoms with Crippen molar-refractivity contribution < 1.29 is 9.18 Å². The zero-order chi connectivity index (χ0) is 12.4. The summed E-state index contributed by atoms with van der Waals surface area (Å²) in [5, 5.41) is 6.53. The summed E-state index contributed by atoms with van der Waals surface area (Å²) in [4.78, 5) is 11.8. The molecule has 0 aliphatic carbocycles. The van der Waals surface area contributed by atoms with Crippen LogP contribution in [0.4, 0.5) is 10.2 Å². The lowest BCUT2D eigenvalue weighted by Crippen LogP contribution is -2.14. The lowest BCUT2D eigenvalue weighted by Gasteiger charge is -2.04. The highest BCUT2D eigenvalue weighted by Gasteiger charge is 2.12. The van der Waals surface area contributed by atoms with E-state index in [0.717, 1.165) is 5.56 Å². The van der Waals surface area contributed by atoms with Gasteiger partial charge in [-0.3, -0.25) is 9.48 Å². The standard InChI is InChI=1S/C12H12FN3O/c1-8-3-4-10(13)9(7-8)12(17)14-11-5-6-16(2)15-11/h3-7H,1-2H3,(H,14,15,17). The third-order valence-corrected chi connectivity index (χ3v) is 2.32. The van der Waals surface area contributed by atoms with E-state index in [0.29, 0.717) is 5.82 Å². The summed E-state index contributed by atoms with van der Waals surface area (Å²) in [6.45, 7) is 1.80. The first-order valence-electron chi connectivity index (χ1n) is 5.13. The SMILES string of the molecule is Cc1ccc(F)c(C(=O)Nc2ccn(C)n2)c1. The number of nitrogens with zero attached hydrogens (tertiary/aromatic N) is 2. The van der Waals surface area contributed by atoms with Crippen LogP contribution in [0, 0.1) is 12.7 Å². The molecule has 0 saturated heterocycles. The van der Waals surface area contributed by atoms with E-state index in [2.05, 4.69) is 10.4 Å². The van der Waals surface area contributed by atoms with Crippen LogP contribution in [0.2, 0.25) is 0 Å². The largest absolute Gasteiger partial charge is 0.305 e. The van der Waals surface area contributed by atoms with Gasteiger partial charge >= 0.3 is 0 Å². The van der Waals surface area contributed by atoms with Crippen LogP contribution in [-0.2, 0) is 7.05 Å². The van der Waals surface area contributed by atoms with Crippen LogP contribution in [0.15, 0.2) is 30.5 Å². The summed E-state index contributed by atoms with van der Waals surface area (Å²) in [6.07, 6.45) is 1.70. The van der Waals surface area contributed by atoms with Gasteiger partial charge in [0, 0.05) is 19.3 Å². The Kier molecular flexibility index (Phi) is 2.91. The van der Waals surface area contributed by atoms with Crippen molar-refractivity contribution in [3.63, 3.8) is 0 Å². The Bertz CT molecular complexity index is 563. The van der Waals surface area contributed by atoms with Crippen molar-refractivity contribution in [2.24, 2.45) is 7.05 Å². The van der Waals surface area contributed by atoms with E-state index in [9.17, 15) is 9.18 Å². The number of aromatic nitrogens is 2. The van der Waals surface area contributed by atoms with E-state index in [4.69, 9.17) is 0 Å². The van der Waals surface area contributed by atoms with Gasteiger partial charge in [0.25, 0.3) is 5.91 Å². The normalized spacial score (nSPS) is 10.3. The molecule has 0 aliphatic heterocycles. The van der Waals surface area contributed by atoms with Crippen LogP contribution in [0.25, 0.3) is 0 Å². The molecule has 5 heteroatoms. The molecule has 4 nitrogen and oxygen atoms in total. The minimum Gasteiger partial charge on any atom is -0.305 e. The zero-order valence-corrected chi connectivity index (χ0v) is 9.57. The third kappa shape index (κ3) is 2.50. The van der Waals surface area contributed by atoms with Gasteiger partial charge in [0.15, 0.2) is 5.82 Å². The Balaban J connectivity index is 2.22.